The number of rotatable bonds is 7. The van der Waals surface area contributed by atoms with Crippen molar-refractivity contribution in [3.63, 3.8) is 0 Å². The summed E-state index contributed by atoms with van der Waals surface area (Å²) in [5, 5.41) is 14.6. The van der Waals surface area contributed by atoms with Gasteiger partial charge in [-0.3, -0.25) is 14.9 Å². The quantitative estimate of drug-likeness (QED) is 0.355. The largest absolute Gasteiger partial charge is 0.481 e. The Balaban J connectivity index is 0.00000408. The lowest BCUT2D eigenvalue weighted by Crippen LogP contribution is -2.16. The maximum Gasteiger partial charge on any atom is 0.416 e. The Morgan fingerprint density at radius 1 is 1.03 bits per heavy atom. The van der Waals surface area contributed by atoms with Crippen molar-refractivity contribution in [1.82, 2.24) is 9.97 Å². The molecule has 1 aromatic heterocycles. The first-order valence-corrected chi connectivity index (χ1v) is 10.0. The number of amides is 1. The van der Waals surface area contributed by atoms with Gasteiger partial charge in [0.1, 0.15) is 5.82 Å². The number of aryl methyl sites for hydroxylation is 1. The number of nitrogens with zero attached hydrogens (tertiary/aromatic N) is 2. The molecule has 1 amide bonds. The number of hydrogen-bond donors (Lipinski definition) is 3. The van der Waals surface area contributed by atoms with Gasteiger partial charge in [-0.05, 0) is 48.9 Å². The summed E-state index contributed by atoms with van der Waals surface area (Å²) in [6, 6.07) is 11.1. The van der Waals surface area contributed by atoms with Crippen LogP contribution in [-0.4, -0.2) is 27.0 Å². The normalized spacial score (nSPS) is 10.9. The highest BCUT2D eigenvalue weighted by molar-refractivity contribution is 6.30. The predicted octanol–water partition coefficient (Wildman–Crippen LogP) is 6.31. The van der Waals surface area contributed by atoms with Crippen LogP contribution in [0.3, 0.4) is 0 Å². The lowest BCUT2D eigenvalue weighted by Gasteiger charge is -2.13. The second kappa shape index (κ2) is 11.0. The molecule has 34 heavy (non-hydrogen) atoms. The Morgan fingerprint density at radius 2 is 1.71 bits per heavy atom. The van der Waals surface area contributed by atoms with E-state index < -0.39 is 23.6 Å². The summed E-state index contributed by atoms with van der Waals surface area (Å²) in [7, 11) is 0. The second-order valence-electron chi connectivity index (χ2n) is 7.06. The van der Waals surface area contributed by atoms with Crippen LogP contribution in [0, 0.1) is 6.92 Å². The van der Waals surface area contributed by atoms with E-state index in [0.717, 1.165) is 17.7 Å². The highest BCUT2D eigenvalue weighted by Gasteiger charge is 2.30. The Labute approximate surface area is 199 Å². The third-order valence-electron chi connectivity index (χ3n) is 4.50. The van der Waals surface area contributed by atoms with E-state index in [4.69, 9.17) is 16.7 Å². The monoisotopic (exact) mass is 494 g/mol. The summed E-state index contributed by atoms with van der Waals surface area (Å²) in [5.74, 6) is -1.62. The predicted molar refractivity (Wildman–Crippen MR) is 124 cm³/mol. The highest BCUT2D eigenvalue weighted by Crippen LogP contribution is 2.31. The molecule has 7 nitrogen and oxygen atoms in total. The van der Waals surface area contributed by atoms with Gasteiger partial charge >= 0.3 is 12.1 Å². The van der Waals surface area contributed by atoms with E-state index in [1.807, 2.05) is 6.92 Å². The fourth-order valence-corrected chi connectivity index (χ4v) is 3.05. The average Bonchev–Trinajstić information content (AvgIpc) is 2.73. The molecule has 0 fully saturated rings. The van der Waals surface area contributed by atoms with Gasteiger partial charge in [-0.1, -0.05) is 25.1 Å². The summed E-state index contributed by atoms with van der Waals surface area (Å²) >= 11 is 6.11. The first-order chi connectivity index (χ1) is 15.5. The van der Waals surface area contributed by atoms with Crippen LogP contribution in [0.15, 0.2) is 48.5 Å². The van der Waals surface area contributed by atoms with Crippen molar-refractivity contribution >= 4 is 40.9 Å². The molecule has 2 aromatic carbocycles. The van der Waals surface area contributed by atoms with E-state index in [9.17, 15) is 22.8 Å². The fourth-order valence-electron chi connectivity index (χ4n) is 2.87. The molecule has 0 aliphatic carbocycles. The van der Waals surface area contributed by atoms with Crippen molar-refractivity contribution in [2.24, 2.45) is 0 Å². The van der Waals surface area contributed by atoms with E-state index in [1.54, 1.807) is 24.3 Å². The molecule has 0 saturated carbocycles. The molecule has 0 unspecified atom stereocenters. The number of anilines is 3. The van der Waals surface area contributed by atoms with Gasteiger partial charge in [-0.25, -0.2) is 4.98 Å². The fraction of sp³-hybridized carbons (Fsp3) is 0.217. The van der Waals surface area contributed by atoms with Crippen molar-refractivity contribution in [3.8, 4) is 11.3 Å². The molecule has 0 saturated heterocycles. The van der Waals surface area contributed by atoms with Gasteiger partial charge < -0.3 is 10.4 Å². The number of carboxylic acid groups (broad SMARTS) is 1. The van der Waals surface area contributed by atoms with Crippen LogP contribution in [-0.2, 0) is 15.8 Å². The second-order valence-corrected chi connectivity index (χ2v) is 7.50. The number of carbonyl (C=O) groups excluding carboxylic acids is 1. The van der Waals surface area contributed by atoms with Crippen LogP contribution in [0.4, 0.5) is 30.6 Å². The number of aliphatic carboxylic acids is 1. The van der Waals surface area contributed by atoms with Crippen LogP contribution >= 0.6 is 11.6 Å². The highest BCUT2D eigenvalue weighted by atomic mass is 35.5. The summed E-state index contributed by atoms with van der Waals surface area (Å²) < 4.78 is 38.4. The summed E-state index contributed by atoms with van der Waals surface area (Å²) in [6.45, 7) is 1.84. The maximum absolute atomic E-state index is 12.8. The Bertz CT molecular complexity index is 1190. The number of nitrogens with one attached hydrogen (secondary N) is 2. The zero-order chi connectivity index (χ0) is 24.2. The van der Waals surface area contributed by atoms with E-state index in [2.05, 4.69) is 20.6 Å². The third kappa shape index (κ3) is 7.17. The van der Waals surface area contributed by atoms with Gasteiger partial charge in [0.15, 0.2) is 0 Å². The van der Waals surface area contributed by atoms with E-state index in [0.29, 0.717) is 22.0 Å². The molecule has 0 spiro atoms. The molecule has 180 valence electrons. The summed E-state index contributed by atoms with van der Waals surface area (Å²) in [5.41, 5.74) is 1.42. The van der Waals surface area contributed by atoms with Gasteiger partial charge in [0.25, 0.3) is 0 Å². The minimum Gasteiger partial charge on any atom is -0.481 e. The van der Waals surface area contributed by atoms with Crippen molar-refractivity contribution < 1.29 is 27.9 Å². The average molecular weight is 495 g/mol. The number of hydrogen-bond acceptors (Lipinski definition) is 5. The van der Waals surface area contributed by atoms with Crippen LogP contribution in [0.5, 0.6) is 0 Å². The first kappa shape index (κ1) is 26.6. The maximum atomic E-state index is 12.8. The molecular weight excluding hydrogens is 473 g/mol. The van der Waals surface area contributed by atoms with E-state index in [-0.39, 0.29) is 32.0 Å². The molecule has 11 heteroatoms. The minimum absolute atomic E-state index is 0. The van der Waals surface area contributed by atoms with Gasteiger partial charge in [0.05, 0.1) is 17.7 Å². The lowest BCUT2D eigenvalue weighted by atomic mass is 10.1. The number of carboxylic acids is 1. The number of halogens is 4. The number of benzene rings is 2. The van der Waals surface area contributed by atoms with Gasteiger partial charge in [0, 0.05) is 28.8 Å². The molecule has 3 N–H and O–H groups in total. The summed E-state index contributed by atoms with van der Waals surface area (Å²) in [6.07, 6.45) is -5.10. The van der Waals surface area contributed by atoms with Crippen LogP contribution < -0.4 is 10.6 Å². The molecule has 0 bridgehead atoms. The Hall–Kier alpha value is -3.66. The number of alkyl halides is 3. The zero-order valence-electron chi connectivity index (χ0n) is 17.2. The van der Waals surface area contributed by atoms with Crippen LogP contribution in [0.25, 0.3) is 11.3 Å². The molecular formula is C23H22ClF3N4O3. The Morgan fingerprint density at radius 3 is 2.32 bits per heavy atom. The SMILES string of the molecule is C.Cc1ccc(Cl)cc1-c1cc(Nc2ccc(C(F)(F)F)cc2)nc(NC(=O)CCC(=O)O)n1. The molecule has 0 aliphatic heterocycles. The molecule has 3 rings (SSSR count). The van der Waals surface area contributed by atoms with Crippen molar-refractivity contribution in [1.29, 1.82) is 0 Å². The van der Waals surface area contributed by atoms with Crippen molar-refractivity contribution in [3.05, 3.63) is 64.7 Å². The molecule has 1 heterocycles. The minimum atomic E-state index is -4.46. The third-order valence-corrected chi connectivity index (χ3v) is 4.74. The van der Waals surface area contributed by atoms with Crippen molar-refractivity contribution in [2.75, 3.05) is 10.6 Å². The summed E-state index contributed by atoms with van der Waals surface area (Å²) in [4.78, 5) is 31.3. The van der Waals surface area contributed by atoms with Crippen LogP contribution in [0.1, 0.15) is 31.4 Å². The topological polar surface area (TPSA) is 104 Å². The van der Waals surface area contributed by atoms with Gasteiger partial charge in [-0.15, -0.1) is 0 Å². The molecule has 3 aromatic rings. The van der Waals surface area contributed by atoms with E-state index in [1.165, 1.54) is 12.1 Å². The zero-order valence-corrected chi connectivity index (χ0v) is 18.0. The molecule has 0 aliphatic rings. The van der Waals surface area contributed by atoms with Crippen molar-refractivity contribution in [2.45, 2.75) is 33.4 Å². The van der Waals surface area contributed by atoms with Gasteiger partial charge in [0.2, 0.25) is 11.9 Å². The first-order valence-electron chi connectivity index (χ1n) is 9.63. The van der Waals surface area contributed by atoms with E-state index >= 15 is 0 Å². The Kier molecular flexibility index (Phi) is 8.58. The number of aromatic nitrogens is 2. The molecule has 0 atom stereocenters. The smallest absolute Gasteiger partial charge is 0.416 e. The standard InChI is InChI=1S/C22H18ClF3N4O3.CH4/c1-12-2-5-14(23)10-16(12)17-11-18(27-15-6-3-13(4-7-15)22(24,25)26)29-21(28-17)30-19(31)8-9-20(32)33;/h2-7,10-11H,8-9H2,1H3,(H,32,33)(H2,27,28,29,30,31);1H4. The van der Waals surface area contributed by atoms with Gasteiger partial charge in [-0.2, -0.15) is 18.2 Å². The lowest BCUT2D eigenvalue weighted by molar-refractivity contribution is -0.138. The number of carbonyl (C=O) groups is 2. The molecule has 0 radical (unpaired) electrons. The van der Waals surface area contributed by atoms with Crippen LogP contribution in [0.2, 0.25) is 5.02 Å².